The Morgan fingerprint density at radius 1 is 1.56 bits per heavy atom. The van der Waals surface area contributed by atoms with Crippen molar-refractivity contribution >= 4 is 5.57 Å². The highest BCUT2D eigenvalue weighted by atomic mass is 19.1. The van der Waals surface area contributed by atoms with Crippen molar-refractivity contribution in [3.8, 4) is 5.75 Å². The van der Waals surface area contributed by atoms with Crippen LogP contribution in [0.3, 0.4) is 0 Å². The molecule has 0 saturated heterocycles. The Kier molecular flexibility index (Phi) is 3.70. The van der Waals surface area contributed by atoms with Crippen molar-refractivity contribution in [2.75, 3.05) is 0 Å². The van der Waals surface area contributed by atoms with E-state index in [9.17, 15) is 14.6 Å². The highest BCUT2D eigenvalue weighted by Crippen LogP contribution is 2.36. The van der Waals surface area contributed by atoms with Crippen LogP contribution in [0.2, 0.25) is 0 Å². The molecule has 0 radical (unpaired) electrons. The molecule has 0 bridgehead atoms. The topological polar surface area (TPSA) is 40.5 Å². The first-order valence-electron chi connectivity index (χ1n) is 5.28. The lowest BCUT2D eigenvalue weighted by atomic mass is 9.93. The molecule has 3 heteroatoms. The molecule has 2 N–H and O–H groups in total. The third-order valence-corrected chi connectivity index (χ3v) is 2.61. The Labute approximate surface area is 95.1 Å². The second-order valence-corrected chi connectivity index (χ2v) is 3.96. The SMILES string of the molecule is C=C(C)c1c(O)c(C(C)O)cc(F)c1CC. The molecule has 88 valence electrons. The minimum atomic E-state index is -0.904. The average Bonchev–Trinajstić information content (AvgIpc) is 2.19. The number of aliphatic hydroxyl groups is 1. The largest absolute Gasteiger partial charge is 0.507 e. The van der Waals surface area contributed by atoms with E-state index in [4.69, 9.17) is 0 Å². The maximum absolute atomic E-state index is 13.7. The van der Waals surface area contributed by atoms with Gasteiger partial charge in [-0.05, 0) is 37.5 Å². The number of rotatable bonds is 3. The standard InChI is InChI=1S/C13H17FO2/c1-5-9-11(14)6-10(8(4)15)13(16)12(9)7(2)3/h6,8,15-16H,2,5H2,1,3-4H3. The molecule has 0 fully saturated rings. The number of phenolic OH excluding ortho intramolecular Hbond substituents is 1. The van der Waals surface area contributed by atoms with Crippen LogP contribution in [0.15, 0.2) is 12.6 Å². The highest BCUT2D eigenvalue weighted by Gasteiger charge is 2.19. The number of benzene rings is 1. The predicted octanol–water partition coefficient (Wildman–Crippen LogP) is 3.18. The first-order valence-corrected chi connectivity index (χ1v) is 5.28. The molecule has 1 unspecified atom stereocenters. The molecular formula is C13H17FO2. The monoisotopic (exact) mass is 224 g/mol. The van der Waals surface area contributed by atoms with Crippen molar-refractivity contribution in [3.05, 3.63) is 35.2 Å². The molecule has 2 nitrogen and oxygen atoms in total. The van der Waals surface area contributed by atoms with Crippen LogP contribution in [0.5, 0.6) is 5.75 Å². The summed E-state index contributed by atoms with van der Waals surface area (Å²) in [6.45, 7) is 8.74. The van der Waals surface area contributed by atoms with Gasteiger partial charge < -0.3 is 10.2 Å². The Morgan fingerprint density at radius 2 is 2.12 bits per heavy atom. The number of phenols is 1. The summed E-state index contributed by atoms with van der Waals surface area (Å²) in [5.74, 6) is -0.477. The minimum Gasteiger partial charge on any atom is -0.507 e. The van der Waals surface area contributed by atoms with E-state index in [2.05, 4.69) is 6.58 Å². The van der Waals surface area contributed by atoms with Crippen molar-refractivity contribution in [1.82, 2.24) is 0 Å². The number of hydrogen-bond acceptors (Lipinski definition) is 2. The first-order chi connectivity index (χ1) is 7.40. The summed E-state index contributed by atoms with van der Waals surface area (Å²) in [6.07, 6.45) is -0.430. The second-order valence-electron chi connectivity index (χ2n) is 3.96. The van der Waals surface area contributed by atoms with Crippen LogP contribution in [0.25, 0.3) is 5.57 Å². The number of aromatic hydroxyl groups is 1. The van der Waals surface area contributed by atoms with Gasteiger partial charge in [-0.3, -0.25) is 0 Å². The maximum atomic E-state index is 13.7. The molecule has 0 spiro atoms. The molecule has 0 aliphatic rings. The number of hydrogen-bond donors (Lipinski definition) is 2. The fourth-order valence-electron chi connectivity index (χ4n) is 1.82. The first kappa shape index (κ1) is 12.7. The Hall–Kier alpha value is -1.35. The molecule has 1 rings (SSSR count). The molecule has 1 aromatic rings. The lowest BCUT2D eigenvalue weighted by Gasteiger charge is -2.16. The van der Waals surface area contributed by atoms with Crippen LogP contribution in [0.1, 0.15) is 43.6 Å². The van der Waals surface area contributed by atoms with Crippen molar-refractivity contribution in [1.29, 1.82) is 0 Å². The van der Waals surface area contributed by atoms with E-state index in [1.165, 1.54) is 13.0 Å². The van der Waals surface area contributed by atoms with Gasteiger partial charge in [-0.2, -0.15) is 0 Å². The molecular weight excluding hydrogens is 207 g/mol. The van der Waals surface area contributed by atoms with Crippen LogP contribution in [0, 0.1) is 5.82 Å². The predicted molar refractivity (Wildman–Crippen MR) is 62.8 cm³/mol. The van der Waals surface area contributed by atoms with Crippen LogP contribution in [0.4, 0.5) is 4.39 Å². The van der Waals surface area contributed by atoms with Gasteiger partial charge in [0.05, 0.1) is 6.10 Å². The average molecular weight is 224 g/mol. The van der Waals surface area contributed by atoms with E-state index < -0.39 is 11.9 Å². The van der Waals surface area contributed by atoms with Gasteiger partial charge >= 0.3 is 0 Å². The fraction of sp³-hybridized carbons (Fsp3) is 0.385. The zero-order valence-electron chi connectivity index (χ0n) is 9.84. The molecule has 16 heavy (non-hydrogen) atoms. The minimum absolute atomic E-state index is 0.0687. The molecule has 1 atom stereocenters. The third-order valence-electron chi connectivity index (χ3n) is 2.61. The van der Waals surface area contributed by atoms with E-state index >= 15 is 0 Å². The van der Waals surface area contributed by atoms with E-state index in [-0.39, 0.29) is 11.3 Å². The van der Waals surface area contributed by atoms with Crippen molar-refractivity contribution < 1.29 is 14.6 Å². The number of allylic oxidation sites excluding steroid dienone is 1. The molecule has 0 saturated carbocycles. The quantitative estimate of drug-likeness (QED) is 0.827. The zero-order valence-corrected chi connectivity index (χ0v) is 9.84. The molecule has 0 aliphatic carbocycles. The van der Waals surface area contributed by atoms with Crippen LogP contribution in [-0.2, 0) is 6.42 Å². The normalized spacial score (nSPS) is 12.6. The lowest BCUT2D eigenvalue weighted by Crippen LogP contribution is -2.02. The molecule has 0 amide bonds. The van der Waals surface area contributed by atoms with E-state index in [0.29, 0.717) is 23.1 Å². The van der Waals surface area contributed by atoms with Gasteiger partial charge in [0.25, 0.3) is 0 Å². The van der Waals surface area contributed by atoms with E-state index in [0.717, 1.165) is 0 Å². The molecule has 0 aromatic heterocycles. The van der Waals surface area contributed by atoms with Gasteiger partial charge in [0.2, 0.25) is 0 Å². The van der Waals surface area contributed by atoms with Crippen molar-refractivity contribution in [2.24, 2.45) is 0 Å². The fourth-order valence-corrected chi connectivity index (χ4v) is 1.82. The van der Waals surface area contributed by atoms with Gasteiger partial charge in [-0.15, -0.1) is 0 Å². The van der Waals surface area contributed by atoms with E-state index in [1.54, 1.807) is 6.92 Å². The summed E-state index contributed by atoms with van der Waals surface area (Å²) in [6, 6.07) is 1.19. The molecule has 1 aromatic carbocycles. The third kappa shape index (κ3) is 2.09. The summed E-state index contributed by atoms with van der Waals surface area (Å²) in [5.41, 5.74) is 1.65. The summed E-state index contributed by atoms with van der Waals surface area (Å²) in [7, 11) is 0. The molecule has 0 aliphatic heterocycles. The van der Waals surface area contributed by atoms with Crippen molar-refractivity contribution in [3.63, 3.8) is 0 Å². The number of aliphatic hydroxyl groups excluding tert-OH is 1. The summed E-state index contributed by atoms with van der Waals surface area (Å²) >= 11 is 0. The van der Waals surface area contributed by atoms with Gasteiger partial charge in [-0.25, -0.2) is 4.39 Å². The molecule has 0 heterocycles. The van der Waals surface area contributed by atoms with Crippen molar-refractivity contribution in [2.45, 2.75) is 33.3 Å². The summed E-state index contributed by atoms with van der Waals surface area (Å²) in [5, 5.41) is 19.4. The Morgan fingerprint density at radius 3 is 2.50 bits per heavy atom. The van der Waals surface area contributed by atoms with Crippen LogP contribution < -0.4 is 0 Å². The van der Waals surface area contributed by atoms with Crippen LogP contribution in [-0.4, -0.2) is 10.2 Å². The van der Waals surface area contributed by atoms with Gasteiger partial charge in [0, 0.05) is 11.1 Å². The van der Waals surface area contributed by atoms with E-state index in [1.807, 2.05) is 6.92 Å². The number of halogens is 1. The van der Waals surface area contributed by atoms with Gasteiger partial charge in [0.15, 0.2) is 0 Å². The Balaban J connectivity index is 3.59. The summed E-state index contributed by atoms with van der Waals surface area (Å²) in [4.78, 5) is 0. The second kappa shape index (κ2) is 4.66. The highest BCUT2D eigenvalue weighted by molar-refractivity contribution is 5.72. The van der Waals surface area contributed by atoms with Gasteiger partial charge in [0.1, 0.15) is 11.6 Å². The zero-order chi connectivity index (χ0) is 12.5. The summed E-state index contributed by atoms with van der Waals surface area (Å²) < 4.78 is 13.7. The van der Waals surface area contributed by atoms with Gasteiger partial charge in [-0.1, -0.05) is 13.5 Å². The maximum Gasteiger partial charge on any atom is 0.129 e. The lowest BCUT2D eigenvalue weighted by molar-refractivity contribution is 0.194. The van der Waals surface area contributed by atoms with Crippen LogP contribution >= 0.6 is 0 Å². The smallest absolute Gasteiger partial charge is 0.129 e. The Bertz CT molecular complexity index is 422.